The topological polar surface area (TPSA) is 29.5 Å². The molecular formula is C23H50NO2+. The molecule has 0 heterocycles. The van der Waals surface area contributed by atoms with E-state index in [0.29, 0.717) is 6.04 Å². The van der Waals surface area contributed by atoms with Crippen molar-refractivity contribution in [2.45, 2.75) is 110 Å². The van der Waals surface area contributed by atoms with Gasteiger partial charge in [0.1, 0.15) is 12.6 Å². The van der Waals surface area contributed by atoms with Crippen LogP contribution in [-0.2, 0) is 4.74 Å². The summed E-state index contributed by atoms with van der Waals surface area (Å²) in [4.78, 5) is 0. The van der Waals surface area contributed by atoms with E-state index in [0.717, 1.165) is 24.2 Å². The van der Waals surface area contributed by atoms with Crippen LogP contribution in [0.1, 0.15) is 104 Å². The number of quaternary nitrogens is 1. The van der Waals surface area contributed by atoms with Crippen LogP contribution in [0.2, 0.25) is 0 Å². The summed E-state index contributed by atoms with van der Waals surface area (Å²) in [6, 6.07) is 0.439. The summed E-state index contributed by atoms with van der Waals surface area (Å²) < 4.78 is 6.67. The van der Waals surface area contributed by atoms with Gasteiger partial charge in [0.2, 0.25) is 0 Å². The van der Waals surface area contributed by atoms with Crippen molar-refractivity contribution >= 4 is 0 Å². The molecule has 158 valence electrons. The highest BCUT2D eigenvalue weighted by atomic mass is 16.5. The van der Waals surface area contributed by atoms with Gasteiger partial charge in [-0.05, 0) is 13.3 Å². The Labute approximate surface area is 165 Å². The maximum absolute atomic E-state index is 9.11. The van der Waals surface area contributed by atoms with Crippen LogP contribution in [0.15, 0.2) is 0 Å². The fourth-order valence-corrected chi connectivity index (χ4v) is 3.33. The average molecular weight is 373 g/mol. The second-order valence-electron chi connectivity index (χ2n) is 8.75. The highest BCUT2D eigenvalue weighted by Crippen LogP contribution is 2.13. The summed E-state index contributed by atoms with van der Waals surface area (Å²) in [5, 5.41) is 9.11. The van der Waals surface area contributed by atoms with Crippen LogP contribution >= 0.6 is 0 Å². The van der Waals surface area contributed by atoms with Crippen molar-refractivity contribution in [2.75, 3.05) is 40.5 Å². The first-order chi connectivity index (χ1) is 12.5. The van der Waals surface area contributed by atoms with Gasteiger partial charge in [0.05, 0.1) is 27.3 Å². The molecule has 0 radical (unpaired) electrons. The molecular weight excluding hydrogens is 322 g/mol. The predicted octanol–water partition coefficient (Wildman–Crippen LogP) is 5.94. The van der Waals surface area contributed by atoms with Crippen LogP contribution in [-0.4, -0.2) is 56.1 Å². The van der Waals surface area contributed by atoms with Crippen molar-refractivity contribution in [1.29, 1.82) is 0 Å². The summed E-state index contributed by atoms with van der Waals surface area (Å²) in [7, 11) is 4.33. The van der Waals surface area contributed by atoms with Crippen LogP contribution in [0.5, 0.6) is 0 Å². The van der Waals surface area contributed by atoms with Gasteiger partial charge >= 0.3 is 0 Å². The van der Waals surface area contributed by atoms with Gasteiger partial charge in [-0.3, -0.25) is 0 Å². The first-order valence-electron chi connectivity index (χ1n) is 11.6. The zero-order valence-electron chi connectivity index (χ0n) is 18.6. The van der Waals surface area contributed by atoms with Gasteiger partial charge in [0.15, 0.2) is 0 Å². The number of hydrogen-bond donors (Lipinski definition) is 1. The number of rotatable bonds is 20. The fraction of sp³-hybridized carbons (Fsp3) is 1.00. The van der Waals surface area contributed by atoms with Crippen molar-refractivity contribution in [3.05, 3.63) is 0 Å². The minimum atomic E-state index is 0.246. The molecule has 3 nitrogen and oxygen atoms in total. The quantitative estimate of drug-likeness (QED) is 0.212. The number of nitrogens with zero attached hydrogens (tertiary/aromatic N) is 1. The molecule has 0 saturated carbocycles. The minimum Gasteiger partial charge on any atom is -0.391 e. The highest BCUT2D eigenvalue weighted by Gasteiger charge is 2.23. The number of aliphatic hydroxyl groups excluding tert-OH is 1. The standard InChI is InChI=1S/C23H50NO2/c1-5-6-7-8-9-10-11-12-13-14-15-16-17-18-21-26-22-23(2)24(3,4)19-20-25/h23,25H,5-22H2,1-4H3/q+1. The van der Waals surface area contributed by atoms with Gasteiger partial charge < -0.3 is 14.3 Å². The Bertz CT molecular complexity index is 281. The molecule has 0 bridgehead atoms. The third-order valence-electron chi connectivity index (χ3n) is 5.87. The maximum Gasteiger partial charge on any atom is 0.109 e. The van der Waals surface area contributed by atoms with Gasteiger partial charge in [0.25, 0.3) is 0 Å². The highest BCUT2D eigenvalue weighted by molar-refractivity contribution is 4.51. The van der Waals surface area contributed by atoms with E-state index in [1.165, 1.54) is 89.9 Å². The normalized spacial score (nSPS) is 13.3. The third-order valence-corrected chi connectivity index (χ3v) is 5.87. The summed E-state index contributed by atoms with van der Waals surface area (Å²) >= 11 is 0. The van der Waals surface area contributed by atoms with Crippen LogP contribution in [0.4, 0.5) is 0 Å². The molecule has 0 rings (SSSR count). The van der Waals surface area contributed by atoms with E-state index < -0.39 is 0 Å². The molecule has 26 heavy (non-hydrogen) atoms. The molecule has 1 unspecified atom stereocenters. The summed E-state index contributed by atoms with van der Waals surface area (Å²) in [6.07, 6.45) is 19.6. The van der Waals surface area contributed by atoms with E-state index in [1.54, 1.807) is 0 Å². The molecule has 0 aromatic heterocycles. The SMILES string of the molecule is CCCCCCCCCCCCCCCCOCC(C)[N+](C)(C)CCO. The first-order valence-corrected chi connectivity index (χ1v) is 11.6. The van der Waals surface area contributed by atoms with E-state index in [-0.39, 0.29) is 6.61 Å². The molecule has 0 aliphatic carbocycles. The third kappa shape index (κ3) is 16.1. The zero-order valence-corrected chi connectivity index (χ0v) is 18.6. The Morgan fingerprint density at radius 1 is 0.731 bits per heavy atom. The number of hydrogen-bond acceptors (Lipinski definition) is 2. The molecule has 3 heteroatoms. The molecule has 1 N–H and O–H groups in total. The monoisotopic (exact) mass is 372 g/mol. The van der Waals surface area contributed by atoms with Crippen LogP contribution in [0.25, 0.3) is 0 Å². The van der Waals surface area contributed by atoms with E-state index in [4.69, 9.17) is 9.84 Å². The van der Waals surface area contributed by atoms with Crippen molar-refractivity contribution in [1.82, 2.24) is 0 Å². The lowest BCUT2D eigenvalue weighted by atomic mass is 10.0. The maximum atomic E-state index is 9.11. The first kappa shape index (κ1) is 25.9. The Morgan fingerprint density at radius 3 is 1.58 bits per heavy atom. The Hall–Kier alpha value is -0.120. The zero-order chi connectivity index (χ0) is 19.5. The largest absolute Gasteiger partial charge is 0.391 e. The molecule has 0 spiro atoms. The molecule has 0 aliphatic heterocycles. The van der Waals surface area contributed by atoms with Gasteiger partial charge in [-0.15, -0.1) is 0 Å². The van der Waals surface area contributed by atoms with Crippen LogP contribution < -0.4 is 0 Å². The van der Waals surface area contributed by atoms with E-state index in [9.17, 15) is 0 Å². The van der Waals surface area contributed by atoms with E-state index in [2.05, 4.69) is 27.9 Å². The predicted molar refractivity (Wildman–Crippen MR) is 115 cm³/mol. The lowest BCUT2D eigenvalue weighted by Gasteiger charge is -2.35. The Balaban J connectivity index is 3.22. The van der Waals surface area contributed by atoms with Crippen LogP contribution in [0.3, 0.4) is 0 Å². The summed E-state index contributed by atoms with van der Waals surface area (Å²) in [6.45, 7) is 7.22. The molecule has 0 aromatic rings. The molecule has 0 aliphatic rings. The number of unbranched alkanes of at least 4 members (excludes halogenated alkanes) is 13. The number of ether oxygens (including phenoxy) is 1. The Kier molecular flexibility index (Phi) is 18.2. The molecule has 0 fully saturated rings. The van der Waals surface area contributed by atoms with Gasteiger partial charge in [-0.2, -0.15) is 0 Å². The Morgan fingerprint density at radius 2 is 1.15 bits per heavy atom. The lowest BCUT2D eigenvalue weighted by molar-refractivity contribution is -0.913. The summed E-state index contributed by atoms with van der Waals surface area (Å²) in [5.41, 5.74) is 0. The minimum absolute atomic E-state index is 0.246. The number of likely N-dealkylation sites (N-methyl/N-ethyl adjacent to an activating group) is 1. The van der Waals surface area contributed by atoms with Crippen molar-refractivity contribution in [3.63, 3.8) is 0 Å². The van der Waals surface area contributed by atoms with Gasteiger partial charge in [0, 0.05) is 6.61 Å². The van der Waals surface area contributed by atoms with Gasteiger partial charge in [-0.1, -0.05) is 90.4 Å². The fourth-order valence-electron chi connectivity index (χ4n) is 3.33. The average Bonchev–Trinajstić information content (AvgIpc) is 2.61. The van der Waals surface area contributed by atoms with Crippen molar-refractivity contribution < 1.29 is 14.3 Å². The van der Waals surface area contributed by atoms with Gasteiger partial charge in [-0.25, -0.2) is 0 Å². The lowest BCUT2D eigenvalue weighted by Crippen LogP contribution is -2.51. The number of aliphatic hydroxyl groups is 1. The van der Waals surface area contributed by atoms with Crippen molar-refractivity contribution in [3.8, 4) is 0 Å². The van der Waals surface area contributed by atoms with Crippen LogP contribution in [0, 0.1) is 0 Å². The molecule has 0 aromatic carbocycles. The molecule has 0 saturated heterocycles. The second-order valence-corrected chi connectivity index (χ2v) is 8.75. The molecule has 1 atom stereocenters. The summed E-state index contributed by atoms with van der Waals surface area (Å²) in [5.74, 6) is 0. The second kappa shape index (κ2) is 18.3. The van der Waals surface area contributed by atoms with E-state index in [1.807, 2.05) is 0 Å². The van der Waals surface area contributed by atoms with E-state index >= 15 is 0 Å². The molecule has 0 amide bonds. The van der Waals surface area contributed by atoms with Crippen molar-refractivity contribution in [2.24, 2.45) is 0 Å². The smallest absolute Gasteiger partial charge is 0.109 e.